The largest absolute Gasteiger partial charge is 0.388 e. The maximum absolute atomic E-state index is 9.30. The predicted molar refractivity (Wildman–Crippen MR) is 40.4 cm³/mol. The van der Waals surface area contributed by atoms with Gasteiger partial charge in [0.1, 0.15) is 12.2 Å². The molecule has 6 nitrogen and oxygen atoms in total. The van der Waals surface area contributed by atoms with E-state index in [-0.39, 0.29) is 6.54 Å². The lowest BCUT2D eigenvalue weighted by Gasteiger charge is -2.10. The van der Waals surface area contributed by atoms with Crippen LogP contribution >= 0.6 is 0 Å². The summed E-state index contributed by atoms with van der Waals surface area (Å²) < 4.78 is 5.12. The molecule has 0 amide bonds. The maximum Gasteiger partial charge on any atom is 0.109 e. The topological polar surface area (TPSA) is 98.5 Å². The molecule has 6 heteroatoms. The Morgan fingerprint density at radius 2 is 2.17 bits per heavy atom. The van der Waals surface area contributed by atoms with E-state index >= 15 is 0 Å². The molecule has 1 heterocycles. The molecule has 1 saturated heterocycles. The van der Waals surface area contributed by atoms with E-state index in [0.717, 1.165) is 0 Å². The lowest BCUT2D eigenvalue weighted by Crippen LogP contribution is -2.32. The SMILES string of the molecule is CC1O[C@@H](CN=[N+]=[N-])[C@@H](O)[C@@H]1O. The first-order valence-corrected chi connectivity index (χ1v) is 3.69. The fraction of sp³-hybridized carbons (Fsp3) is 1.00. The summed E-state index contributed by atoms with van der Waals surface area (Å²) in [4.78, 5) is 2.54. The zero-order valence-corrected chi connectivity index (χ0v) is 6.66. The van der Waals surface area contributed by atoms with Crippen LogP contribution < -0.4 is 0 Å². The summed E-state index contributed by atoms with van der Waals surface area (Å²) >= 11 is 0. The Morgan fingerprint density at radius 1 is 1.50 bits per heavy atom. The molecule has 0 radical (unpaired) electrons. The van der Waals surface area contributed by atoms with Crippen molar-refractivity contribution >= 4 is 0 Å². The van der Waals surface area contributed by atoms with E-state index in [0.29, 0.717) is 0 Å². The van der Waals surface area contributed by atoms with Gasteiger partial charge in [-0.2, -0.15) is 0 Å². The molecule has 1 unspecified atom stereocenters. The fourth-order valence-electron chi connectivity index (χ4n) is 1.20. The second-order valence-corrected chi connectivity index (χ2v) is 2.77. The van der Waals surface area contributed by atoms with Crippen LogP contribution in [0.4, 0.5) is 0 Å². The average Bonchev–Trinajstić information content (AvgIpc) is 2.30. The van der Waals surface area contributed by atoms with Crippen molar-refractivity contribution in [2.75, 3.05) is 6.54 Å². The Kier molecular flexibility index (Phi) is 2.88. The third kappa shape index (κ3) is 1.67. The molecule has 1 rings (SSSR count). The normalized spacial score (nSPS) is 40.9. The summed E-state index contributed by atoms with van der Waals surface area (Å²) in [7, 11) is 0. The van der Waals surface area contributed by atoms with Gasteiger partial charge in [-0.05, 0) is 12.5 Å². The summed E-state index contributed by atoms with van der Waals surface area (Å²) in [6, 6.07) is 0. The first-order valence-electron chi connectivity index (χ1n) is 3.69. The Labute approximate surface area is 69.4 Å². The van der Waals surface area contributed by atoms with Crippen LogP contribution in [0.3, 0.4) is 0 Å². The molecule has 68 valence electrons. The Balaban J connectivity index is 2.52. The number of nitrogens with zero attached hydrogens (tertiary/aromatic N) is 3. The smallest absolute Gasteiger partial charge is 0.109 e. The van der Waals surface area contributed by atoms with Gasteiger partial charge >= 0.3 is 0 Å². The van der Waals surface area contributed by atoms with E-state index in [1.807, 2.05) is 0 Å². The molecule has 0 aromatic heterocycles. The highest BCUT2D eigenvalue weighted by atomic mass is 16.5. The molecular weight excluding hydrogens is 162 g/mol. The van der Waals surface area contributed by atoms with E-state index in [4.69, 9.17) is 10.3 Å². The number of rotatable bonds is 2. The molecular formula is C6H11N3O3. The number of aliphatic hydroxyl groups excluding tert-OH is 2. The highest BCUT2D eigenvalue weighted by molar-refractivity contribution is 4.89. The van der Waals surface area contributed by atoms with Gasteiger partial charge in [-0.25, -0.2) is 0 Å². The molecule has 12 heavy (non-hydrogen) atoms. The maximum atomic E-state index is 9.30. The second kappa shape index (κ2) is 3.73. The Hall–Kier alpha value is -0.810. The van der Waals surface area contributed by atoms with Crippen LogP contribution in [0.15, 0.2) is 5.11 Å². The lowest BCUT2D eigenvalue weighted by atomic mass is 10.1. The van der Waals surface area contributed by atoms with Gasteiger partial charge in [0.15, 0.2) is 0 Å². The molecule has 4 atom stereocenters. The number of ether oxygens (including phenoxy) is 1. The third-order valence-electron chi connectivity index (χ3n) is 1.93. The number of hydrogen-bond donors (Lipinski definition) is 2. The van der Waals surface area contributed by atoms with Crippen LogP contribution in [-0.4, -0.2) is 41.2 Å². The Bertz CT molecular complexity index is 204. The molecule has 1 fully saturated rings. The Morgan fingerprint density at radius 3 is 2.58 bits per heavy atom. The molecule has 0 spiro atoms. The van der Waals surface area contributed by atoms with Gasteiger partial charge in [-0.15, -0.1) is 0 Å². The van der Waals surface area contributed by atoms with Crippen molar-refractivity contribution in [3.8, 4) is 0 Å². The minimum Gasteiger partial charge on any atom is -0.388 e. The summed E-state index contributed by atoms with van der Waals surface area (Å²) in [5.41, 5.74) is 8.00. The van der Waals surface area contributed by atoms with E-state index in [1.54, 1.807) is 6.92 Å². The lowest BCUT2D eigenvalue weighted by molar-refractivity contribution is 0.0224. The van der Waals surface area contributed by atoms with E-state index < -0.39 is 24.4 Å². The molecule has 0 aliphatic carbocycles. The molecule has 0 aromatic carbocycles. The standard InChI is InChI=1S/C6H11N3O3/c1-3-5(10)6(11)4(12-3)2-8-9-7/h3-6,10-11H,2H2,1H3/t3?,4-,5+,6+/m0/s1. The number of aliphatic hydroxyl groups is 2. The molecule has 0 aromatic rings. The van der Waals surface area contributed by atoms with Gasteiger partial charge in [-0.3, -0.25) is 0 Å². The van der Waals surface area contributed by atoms with Gasteiger partial charge in [-0.1, -0.05) is 5.11 Å². The zero-order chi connectivity index (χ0) is 9.14. The monoisotopic (exact) mass is 173 g/mol. The van der Waals surface area contributed by atoms with Crippen molar-refractivity contribution in [2.24, 2.45) is 5.11 Å². The summed E-state index contributed by atoms with van der Waals surface area (Å²) in [5.74, 6) is 0. The number of hydrogen-bond acceptors (Lipinski definition) is 4. The first-order chi connectivity index (χ1) is 5.66. The minimum absolute atomic E-state index is 0.0546. The van der Waals surface area contributed by atoms with Crippen molar-refractivity contribution < 1.29 is 14.9 Å². The number of azide groups is 1. The minimum atomic E-state index is -0.953. The summed E-state index contributed by atoms with van der Waals surface area (Å²) in [5, 5.41) is 21.8. The van der Waals surface area contributed by atoms with Crippen LogP contribution in [-0.2, 0) is 4.74 Å². The van der Waals surface area contributed by atoms with Crippen molar-refractivity contribution in [3.05, 3.63) is 10.4 Å². The zero-order valence-electron chi connectivity index (χ0n) is 6.66. The molecule has 2 N–H and O–H groups in total. The van der Waals surface area contributed by atoms with Crippen molar-refractivity contribution in [1.29, 1.82) is 0 Å². The highest BCUT2D eigenvalue weighted by Gasteiger charge is 2.39. The van der Waals surface area contributed by atoms with E-state index in [1.165, 1.54) is 0 Å². The van der Waals surface area contributed by atoms with Crippen LogP contribution in [0.1, 0.15) is 6.92 Å². The van der Waals surface area contributed by atoms with Crippen molar-refractivity contribution in [2.45, 2.75) is 31.3 Å². The predicted octanol–water partition coefficient (Wildman–Crippen LogP) is -0.194. The van der Waals surface area contributed by atoms with Crippen LogP contribution in [0.25, 0.3) is 10.4 Å². The van der Waals surface area contributed by atoms with Gasteiger partial charge in [0, 0.05) is 4.91 Å². The molecule has 1 aliphatic heterocycles. The highest BCUT2D eigenvalue weighted by Crippen LogP contribution is 2.20. The van der Waals surface area contributed by atoms with E-state index in [9.17, 15) is 10.2 Å². The van der Waals surface area contributed by atoms with E-state index in [2.05, 4.69) is 10.0 Å². The van der Waals surface area contributed by atoms with Crippen LogP contribution in [0.2, 0.25) is 0 Å². The average molecular weight is 173 g/mol. The van der Waals surface area contributed by atoms with Gasteiger partial charge in [0.2, 0.25) is 0 Å². The van der Waals surface area contributed by atoms with Gasteiger partial charge < -0.3 is 14.9 Å². The van der Waals surface area contributed by atoms with Crippen LogP contribution in [0.5, 0.6) is 0 Å². The molecule has 1 aliphatic rings. The molecule has 0 bridgehead atoms. The second-order valence-electron chi connectivity index (χ2n) is 2.77. The van der Waals surface area contributed by atoms with Gasteiger partial charge in [0.25, 0.3) is 0 Å². The van der Waals surface area contributed by atoms with Crippen LogP contribution in [0, 0.1) is 0 Å². The quantitative estimate of drug-likeness (QED) is 0.344. The fourth-order valence-corrected chi connectivity index (χ4v) is 1.20. The van der Waals surface area contributed by atoms with Crippen molar-refractivity contribution in [3.63, 3.8) is 0 Å². The first kappa shape index (κ1) is 9.28. The van der Waals surface area contributed by atoms with Gasteiger partial charge in [0.05, 0.1) is 18.8 Å². The third-order valence-corrected chi connectivity index (χ3v) is 1.93. The summed E-state index contributed by atoms with van der Waals surface area (Å²) in [6.45, 7) is 1.71. The summed E-state index contributed by atoms with van der Waals surface area (Å²) in [6.07, 6.45) is -2.82. The van der Waals surface area contributed by atoms with Crippen molar-refractivity contribution in [1.82, 2.24) is 0 Å². The molecule has 0 saturated carbocycles.